The van der Waals surface area contributed by atoms with E-state index in [9.17, 15) is 13.2 Å². The number of anilines is 1. The summed E-state index contributed by atoms with van der Waals surface area (Å²) in [6.07, 6.45) is 0.125. The molecule has 0 spiro atoms. The zero-order chi connectivity index (χ0) is 13.3. The Morgan fingerprint density at radius 3 is 2.78 bits per heavy atom. The molecule has 1 aromatic rings. The summed E-state index contributed by atoms with van der Waals surface area (Å²) in [7, 11) is -3.77. The van der Waals surface area contributed by atoms with Gasteiger partial charge in [0, 0.05) is 24.0 Å². The Kier molecular flexibility index (Phi) is 3.47. The number of carbonyl (C=O) groups excluding carboxylic acids is 1. The number of nitrogens with one attached hydrogen (secondary N) is 2. The summed E-state index contributed by atoms with van der Waals surface area (Å²) < 4.78 is 26.6. The highest BCUT2D eigenvalue weighted by atomic mass is 35.5. The zero-order valence-electron chi connectivity index (χ0n) is 9.31. The van der Waals surface area contributed by atoms with Crippen LogP contribution in [0.2, 0.25) is 5.02 Å². The van der Waals surface area contributed by atoms with E-state index < -0.39 is 16.1 Å². The maximum absolute atomic E-state index is 12.1. The second-order valence-corrected chi connectivity index (χ2v) is 6.13. The normalized spacial score (nSPS) is 19.8. The van der Waals surface area contributed by atoms with E-state index in [4.69, 9.17) is 17.3 Å². The Labute approximate surface area is 110 Å². The smallest absolute Gasteiger partial charge is 0.242 e. The van der Waals surface area contributed by atoms with Gasteiger partial charge in [-0.25, -0.2) is 13.1 Å². The lowest BCUT2D eigenvalue weighted by Crippen LogP contribution is -2.36. The van der Waals surface area contributed by atoms with Crippen LogP contribution in [0.4, 0.5) is 5.69 Å². The predicted molar refractivity (Wildman–Crippen MR) is 67.6 cm³/mol. The van der Waals surface area contributed by atoms with Crippen LogP contribution in [0.15, 0.2) is 23.1 Å². The van der Waals surface area contributed by atoms with E-state index >= 15 is 0 Å². The predicted octanol–water partition coefficient (Wildman–Crippen LogP) is 0.0890. The fraction of sp³-hybridized carbons (Fsp3) is 0.300. The van der Waals surface area contributed by atoms with Gasteiger partial charge in [-0.3, -0.25) is 4.79 Å². The van der Waals surface area contributed by atoms with Crippen molar-refractivity contribution in [3.8, 4) is 0 Å². The van der Waals surface area contributed by atoms with Gasteiger partial charge >= 0.3 is 0 Å². The molecule has 4 N–H and O–H groups in total. The third-order valence-electron chi connectivity index (χ3n) is 2.56. The molecule has 1 fully saturated rings. The number of sulfonamides is 1. The molecular formula is C10H12ClN3O3S. The molecule has 98 valence electrons. The topological polar surface area (TPSA) is 101 Å². The van der Waals surface area contributed by atoms with Crippen molar-refractivity contribution in [2.45, 2.75) is 17.4 Å². The van der Waals surface area contributed by atoms with Crippen LogP contribution in [0.5, 0.6) is 0 Å². The van der Waals surface area contributed by atoms with Crippen LogP contribution in [0.25, 0.3) is 0 Å². The molecule has 0 bridgehead atoms. The summed E-state index contributed by atoms with van der Waals surface area (Å²) >= 11 is 5.75. The minimum atomic E-state index is -3.77. The zero-order valence-corrected chi connectivity index (χ0v) is 10.9. The quantitative estimate of drug-likeness (QED) is 0.686. The van der Waals surface area contributed by atoms with Crippen molar-refractivity contribution in [3.63, 3.8) is 0 Å². The Balaban J connectivity index is 2.25. The average molecular weight is 290 g/mol. The molecule has 8 heteroatoms. The Hall–Kier alpha value is -1.31. The van der Waals surface area contributed by atoms with Gasteiger partial charge in [-0.05, 0) is 18.2 Å². The van der Waals surface area contributed by atoms with Gasteiger partial charge < -0.3 is 11.1 Å². The van der Waals surface area contributed by atoms with E-state index in [1.165, 1.54) is 18.2 Å². The van der Waals surface area contributed by atoms with Gasteiger partial charge in [-0.2, -0.15) is 0 Å². The molecule has 1 saturated heterocycles. The largest absolute Gasteiger partial charge is 0.398 e. The van der Waals surface area contributed by atoms with Crippen LogP contribution >= 0.6 is 11.6 Å². The number of benzene rings is 1. The van der Waals surface area contributed by atoms with E-state index in [0.29, 0.717) is 0 Å². The second kappa shape index (κ2) is 4.75. The van der Waals surface area contributed by atoms with Crippen molar-refractivity contribution in [2.24, 2.45) is 0 Å². The molecule has 1 aromatic carbocycles. The van der Waals surface area contributed by atoms with E-state index in [1.54, 1.807) is 0 Å². The van der Waals surface area contributed by atoms with Gasteiger partial charge in [-0.1, -0.05) is 11.6 Å². The number of nitrogen functional groups attached to an aromatic ring is 1. The van der Waals surface area contributed by atoms with Crippen LogP contribution < -0.4 is 15.8 Å². The highest BCUT2D eigenvalue weighted by molar-refractivity contribution is 7.89. The molecule has 1 amide bonds. The second-order valence-electron chi connectivity index (χ2n) is 4.01. The molecule has 1 heterocycles. The standard InChI is InChI=1S/C10H12ClN3O3S/c11-6-1-2-8(12)9(3-6)18(16,17)14-7-4-10(15)13-5-7/h1-3,7,14H,4-5,12H2,(H,13,15). The first-order valence-corrected chi connectivity index (χ1v) is 7.08. The molecule has 1 aliphatic heterocycles. The Morgan fingerprint density at radius 2 is 2.17 bits per heavy atom. The molecule has 1 aliphatic rings. The Bertz CT molecular complexity index is 588. The highest BCUT2D eigenvalue weighted by Gasteiger charge is 2.27. The summed E-state index contributed by atoms with van der Waals surface area (Å²) in [6, 6.07) is 3.76. The van der Waals surface area contributed by atoms with Gasteiger partial charge in [0.05, 0.1) is 5.69 Å². The first-order valence-electron chi connectivity index (χ1n) is 5.22. The molecule has 0 aromatic heterocycles. The first-order chi connectivity index (χ1) is 8.38. The summed E-state index contributed by atoms with van der Waals surface area (Å²) in [5.41, 5.74) is 5.73. The molecule has 0 radical (unpaired) electrons. The van der Waals surface area contributed by atoms with Crippen molar-refractivity contribution in [1.29, 1.82) is 0 Å². The molecule has 0 saturated carbocycles. The summed E-state index contributed by atoms with van der Waals surface area (Å²) in [5.74, 6) is -0.179. The van der Waals surface area contributed by atoms with Crippen molar-refractivity contribution < 1.29 is 13.2 Å². The van der Waals surface area contributed by atoms with Crippen LogP contribution in [-0.4, -0.2) is 26.9 Å². The molecule has 1 atom stereocenters. The van der Waals surface area contributed by atoms with Crippen LogP contribution in [0.3, 0.4) is 0 Å². The molecule has 2 rings (SSSR count). The van der Waals surface area contributed by atoms with Crippen LogP contribution in [-0.2, 0) is 14.8 Å². The summed E-state index contributed by atoms with van der Waals surface area (Å²) in [5, 5.41) is 2.83. The maximum atomic E-state index is 12.1. The number of halogens is 1. The van der Waals surface area contributed by atoms with Crippen LogP contribution in [0, 0.1) is 0 Å². The monoisotopic (exact) mass is 289 g/mol. The van der Waals surface area contributed by atoms with Gasteiger partial charge in [0.1, 0.15) is 4.90 Å². The first kappa shape index (κ1) is 13.1. The van der Waals surface area contributed by atoms with Crippen molar-refractivity contribution >= 4 is 33.2 Å². The van der Waals surface area contributed by atoms with E-state index in [1.807, 2.05) is 0 Å². The SMILES string of the molecule is Nc1ccc(Cl)cc1S(=O)(=O)NC1CNC(=O)C1. The average Bonchev–Trinajstić information content (AvgIpc) is 2.66. The third-order valence-corrected chi connectivity index (χ3v) is 4.38. The van der Waals surface area contributed by atoms with E-state index in [-0.39, 0.29) is 34.5 Å². The number of hydrogen-bond donors (Lipinski definition) is 3. The summed E-state index contributed by atoms with van der Waals surface area (Å²) in [4.78, 5) is 10.9. The molecule has 18 heavy (non-hydrogen) atoms. The Morgan fingerprint density at radius 1 is 1.44 bits per heavy atom. The van der Waals surface area contributed by atoms with Crippen LogP contribution in [0.1, 0.15) is 6.42 Å². The lowest BCUT2D eigenvalue weighted by atomic mass is 10.3. The fourth-order valence-electron chi connectivity index (χ4n) is 1.71. The fourth-order valence-corrected chi connectivity index (χ4v) is 3.34. The van der Waals surface area contributed by atoms with E-state index in [2.05, 4.69) is 10.0 Å². The van der Waals surface area contributed by atoms with Crippen molar-refractivity contribution in [2.75, 3.05) is 12.3 Å². The summed E-state index contributed by atoms with van der Waals surface area (Å²) in [6.45, 7) is 0.276. The van der Waals surface area contributed by atoms with Gasteiger partial charge in [0.2, 0.25) is 15.9 Å². The van der Waals surface area contributed by atoms with Gasteiger partial charge in [-0.15, -0.1) is 0 Å². The van der Waals surface area contributed by atoms with Crippen molar-refractivity contribution in [1.82, 2.24) is 10.0 Å². The number of rotatable bonds is 3. The minimum Gasteiger partial charge on any atom is -0.398 e. The van der Waals surface area contributed by atoms with E-state index in [0.717, 1.165) is 0 Å². The number of hydrogen-bond acceptors (Lipinski definition) is 4. The lowest BCUT2D eigenvalue weighted by Gasteiger charge is -2.13. The molecule has 0 aliphatic carbocycles. The number of carbonyl (C=O) groups is 1. The number of amides is 1. The molecular weight excluding hydrogens is 278 g/mol. The third kappa shape index (κ3) is 2.74. The maximum Gasteiger partial charge on any atom is 0.242 e. The lowest BCUT2D eigenvalue weighted by molar-refractivity contribution is -0.119. The van der Waals surface area contributed by atoms with Crippen molar-refractivity contribution in [3.05, 3.63) is 23.2 Å². The minimum absolute atomic E-state index is 0.0747. The van der Waals surface area contributed by atoms with Gasteiger partial charge in [0.25, 0.3) is 0 Å². The van der Waals surface area contributed by atoms with Gasteiger partial charge in [0.15, 0.2) is 0 Å². The number of nitrogens with two attached hydrogens (primary N) is 1. The molecule has 6 nitrogen and oxygen atoms in total. The molecule has 1 unspecified atom stereocenters. The highest BCUT2D eigenvalue weighted by Crippen LogP contribution is 2.23.